The van der Waals surface area contributed by atoms with Crippen LogP contribution in [0.3, 0.4) is 0 Å². The molecule has 0 aliphatic heterocycles. The second-order valence-corrected chi connectivity index (χ2v) is 3.53. The van der Waals surface area contributed by atoms with Crippen LogP contribution in [0.15, 0.2) is 30.3 Å². The standard InChI is InChI=1S/C13H11N3O/c1-9-15-11(8-14)7-13(16-9)10-3-5-12(17-2)6-4-10/h3-7H,1-2H3. The van der Waals surface area contributed by atoms with Gasteiger partial charge in [-0.15, -0.1) is 0 Å². The van der Waals surface area contributed by atoms with E-state index in [0.29, 0.717) is 11.5 Å². The molecule has 1 heterocycles. The highest BCUT2D eigenvalue weighted by Crippen LogP contribution is 2.21. The summed E-state index contributed by atoms with van der Waals surface area (Å²) in [5.74, 6) is 1.38. The minimum absolute atomic E-state index is 0.378. The Morgan fingerprint density at radius 2 is 1.88 bits per heavy atom. The van der Waals surface area contributed by atoms with E-state index in [-0.39, 0.29) is 0 Å². The molecule has 0 aliphatic rings. The number of benzene rings is 1. The molecule has 0 atom stereocenters. The van der Waals surface area contributed by atoms with Crippen LogP contribution in [-0.2, 0) is 0 Å². The number of hydrogen-bond donors (Lipinski definition) is 0. The van der Waals surface area contributed by atoms with E-state index in [1.54, 1.807) is 20.1 Å². The van der Waals surface area contributed by atoms with Crippen LogP contribution >= 0.6 is 0 Å². The zero-order valence-electron chi connectivity index (χ0n) is 9.64. The second kappa shape index (κ2) is 4.62. The lowest BCUT2D eigenvalue weighted by molar-refractivity contribution is 0.415. The molecule has 0 aliphatic carbocycles. The highest BCUT2D eigenvalue weighted by Gasteiger charge is 2.04. The van der Waals surface area contributed by atoms with Crippen LogP contribution in [0, 0.1) is 18.3 Å². The smallest absolute Gasteiger partial charge is 0.144 e. The highest BCUT2D eigenvalue weighted by atomic mass is 16.5. The monoisotopic (exact) mass is 225 g/mol. The summed E-state index contributed by atoms with van der Waals surface area (Å²) in [6.07, 6.45) is 0. The predicted molar refractivity (Wildman–Crippen MR) is 63.5 cm³/mol. The molecule has 0 unspecified atom stereocenters. The molecule has 1 aromatic heterocycles. The molecule has 0 fully saturated rings. The van der Waals surface area contributed by atoms with Gasteiger partial charge in [-0.1, -0.05) is 0 Å². The van der Waals surface area contributed by atoms with Crippen LogP contribution < -0.4 is 4.74 Å². The summed E-state index contributed by atoms with van der Waals surface area (Å²) in [7, 11) is 1.62. The molecule has 0 amide bonds. The van der Waals surface area contributed by atoms with E-state index in [1.165, 1.54) is 0 Å². The number of hydrogen-bond acceptors (Lipinski definition) is 4. The topological polar surface area (TPSA) is 58.8 Å². The van der Waals surface area contributed by atoms with E-state index < -0.39 is 0 Å². The quantitative estimate of drug-likeness (QED) is 0.787. The van der Waals surface area contributed by atoms with Gasteiger partial charge in [-0.05, 0) is 31.2 Å². The fourth-order valence-electron chi connectivity index (χ4n) is 1.53. The van der Waals surface area contributed by atoms with Crippen molar-refractivity contribution in [3.63, 3.8) is 0 Å². The van der Waals surface area contributed by atoms with E-state index >= 15 is 0 Å². The third-order valence-electron chi connectivity index (χ3n) is 2.34. The van der Waals surface area contributed by atoms with Crippen molar-refractivity contribution < 1.29 is 4.74 Å². The Bertz CT molecular complexity index is 570. The molecule has 0 N–H and O–H groups in total. The summed E-state index contributed by atoms with van der Waals surface area (Å²) in [6.45, 7) is 1.77. The van der Waals surface area contributed by atoms with Crippen molar-refractivity contribution >= 4 is 0 Å². The third kappa shape index (κ3) is 2.40. The summed E-state index contributed by atoms with van der Waals surface area (Å²) in [5, 5.41) is 8.86. The molecule has 1 aromatic carbocycles. The number of rotatable bonds is 2. The molecule has 4 nitrogen and oxygen atoms in total. The molecule has 0 spiro atoms. The van der Waals surface area contributed by atoms with Crippen molar-refractivity contribution in [2.45, 2.75) is 6.92 Å². The Kier molecular flexibility index (Phi) is 3.01. The molecule has 84 valence electrons. The lowest BCUT2D eigenvalue weighted by Crippen LogP contribution is -1.94. The van der Waals surface area contributed by atoms with Crippen LogP contribution in [0.4, 0.5) is 0 Å². The molecule has 17 heavy (non-hydrogen) atoms. The van der Waals surface area contributed by atoms with Gasteiger partial charge in [0.1, 0.15) is 23.3 Å². The molecule has 0 saturated carbocycles. The van der Waals surface area contributed by atoms with Crippen molar-refractivity contribution in [3.05, 3.63) is 41.9 Å². The van der Waals surface area contributed by atoms with Crippen molar-refractivity contribution in [1.82, 2.24) is 9.97 Å². The van der Waals surface area contributed by atoms with Gasteiger partial charge in [0.15, 0.2) is 0 Å². The van der Waals surface area contributed by atoms with Gasteiger partial charge in [0.25, 0.3) is 0 Å². The Balaban J connectivity index is 2.45. The average Bonchev–Trinajstić information content (AvgIpc) is 2.38. The van der Waals surface area contributed by atoms with Gasteiger partial charge < -0.3 is 4.74 Å². The lowest BCUT2D eigenvalue weighted by atomic mass is 10.1. The van der Waals surface area contributed by atoms with Crippen molar-refractivity contribution in [3.8, 4) is 23.1 Å². The van der Waals surface area contributed by atoms with Crippen molar-refractivity contribution in [1.29, 1.82) is 5.26 Å². The Morgan fingerprint density at radius 1 is 1.18 bits per heavy atom. The summed E-state index contributed by atoms with van der Waals surface area (Å²) in [4.78, 5) is 8.32. The van der Waals surface area contributed by atoms with E-state index in [1.807, 2.05) is 30.3 Å². The first-order valence-corrected chi connectivity index (χ1v) is 5.13. The molecule has 0 saturated heterocycles. The zero-order valence-corrected chi connectivity index (χ0v) is 9.64. The molecular weight excluding hydrogens is 214 g/mol. The largest absolute Gasteiger partial charge is 0.497 e. The third-order valence-corrected chi connectivity index (χ3v) is 2.34. The van der Waals surface area contributed by atoms with E-state index in [2.05, 4.69) is 9.97 Å². The molecule has 0 bridgehead atoms. The normalized spacial score (nSPS) is 9.71. The van der Waals surface area contributed by atoms with Crippen LogP contribution in [0.25, 0.3) is 11.3 Å². The number of nitrogens with zero attached hydrogens (tertiary/aromatic N) is 3. The maximum atomic E-state index is 8.86. The number of aryl methyl sites for hydroxylation is 1. The van der Waals surface area contributed by atoms with Gasteiger partial charge in [-0.2, -0.15) is 5.26 Å². The Hall–Kier alpha value is -2.41. The first-order valence-electron chi connectivity index (χ1n) is 5.13. The molecular formula is C13H11N3O. The first kappa shape index (κ1) is 11.1. The molecule has 0 radical (unpaired) electrons. The fourth-order valence-corrected chi connectivity index (χ4v) is 1.53. The van der Waals surface area contributed by atoms with Gasteiger partial charge in [0.2, 0.25) is 0 Å². The van der Waals surface area contributed by atoms with E-state index in [9.17, 15) is 0 Å². The highest BCUT2D eigenvalue weighted by molar-refractivity contribution is 5.61. The summed E-state index contributed by atoms with van der Waals surface area (Å²) >= 11 is 0. The number of methoxy groups -OCH3 is 1. The Labute approximate surface area is 99.5 Å². The maximum absolute atomic E-state index is 8.86. The minimum Gasteiger partial charge on any atom is -0.497 e. The number of aromatic nitrogens is 2. The average molecular weight is 225 g/mol. The van der Waals surface area contributed by atoms with Crippen LogP contribution in [-0.4, -0.2) is 17.1 Å². The zero-order chi connectivity index (χ0) is 12.3. The molecule has 2 rings (SSSR count). The maximum Gasteiger partial charge on any atom is 0.144 e. The number of ether oxygens (including phenoxy) is 1. The summed E-state index contributed by atoms with van der Waals surface area (Å²) < 4.78 is 5.09. The fraction of sp³-hybridized carbons (Fsp3) is 0.154. The Morgan fingerprint density at radius 3 is 2.47 bits per heavy atom. The van der Waals surface area contributed by atoms with Crippen LogP contribution in [0.1, 0.15) is 11.5 Å². The van der Waals surface area contributed by atoms with Gasteiger partial charge in [0.05, 0.1) is 12.8 Å². The van der Waals surface area contributed by atoms with Gasteiger partial charge in [-0.3, -0.25) is 0 Å². The molecule has 2 aromatic rings. The molecule has 4 heteroatoms. The summed E-state index contributed by atoms with van der Waals surface area (Å²) in [5.41, 5.74) is 2.06. The van der Waals surface area contributed by atoms with E-state index in [0.717, 1.165) is 17.0 Å². The lowest BCUT2D eigenvalue weighted by Gasteiger charge is -2.04. The second-order valence-electron chi connectivity index (χ2n) is 3.53. The minimum atomic E-state index is 0.378. The van der Waals surface area contributed by atoms with Crippen molar-refractivity contribution in [2.24, 2.45) is 0 Å². The van der Waals surface area contributed by atoms with Crippen molar-refractivity contribution in [2.75, 3.05) is 7.11 Å². The van der Waals surface area contributed by atoms with Gasteiger partial charge in [0, 0.05) is 11.6 Å². The predicted octanol–water partition coefficient (Wildman–Crippen LogP) is 2.33. The number of nitriles is 1. The first-order chi connectivity index (χ1) is 8.22. The van der Waals surface area contributed by atoms with Gasteiger partial charge in [-0.25, -0.2) is 9.97 Å². The van der Waals surface area contributed by atoms with Crippen LogP contribution in [0.2, 0.25) is 0 Å². The SMILES string of the molecule is COc1ccc(-c2cc(C#N)nc(C)n2)cc1. The van der Waals surface area contributed by atoms with E-state index in [4.69, 9.17) is 10.00 Å². The van der Waals surface area contributed by atoms with Gasteiger partial charge >= 0.3 is 0 Å². The summed E-state index contributed by atoms with van der Waals surface area (Å²) in [6, 6.07) is 11.2. The van der Waals surface area contributed by atoms with Crippen LogP contribution in [0.5, 0.6) is 5.75 Å².